The lowest BCUT2D eigenvalue weighted by Crippen LogP contribution is -2.35. The summed E-state index contributed by atoms with van der Waals surface area (Å²) in [6, 6.07) is 0. The standard InChI is InChI=1S/C9H17N/c1-8-5-9(2,3)7-10(4)6-8/h5H,6-7H2,1-4H3. The number of hydrogen-bond acceptors (Lipinski definition) is 1. The number of rotatable bonds is 0. The van der Waals surface area contributed by atoms with Crippen molar-refractivity contribution >= 4 is 0 Å². The molecule has 1 rings (SSSR count). The Morgan fingerprint density at radius 3 is 2.50 bits per heavy atom. The lowest BCUT2D eigenvalue weighted by molar-refractivity contribution is 0.245. The summed E-state index contributed by atoms with van der Waals surface area (Å²) in [5.74, 6) is 0. The zero-order chi connectivity index (χ0) is 7.78. The van der Waals surface area contributed by atoms with E-state index in [9.17, 15) is 0 Å². The van der Waals surface area contributed by atoms with Crippen molar-refractivity contribution in [1.82, 2.24) is 4.90 Å². The zero-order valence-electron chi connectivity index (χ0n) is 7.44. The molecule has 10 heavy (non-hydrogen) atoms. The first-order chi connectivity index (χ1) is 4.49. The first kappa shape index (κ1) is 7.80. The van der Waals surface area contributed by atoms with Crippen molar-refractivity contribution in [3.63, 3.8) is 0 Å². The highest BCUT2D eigenvalue weighted by atomic mass is 15.1. The van der Waals surface area contributed by atoms with E-state index < -0.39 is 0 Å². The van der Waals surface area contributed by atoms with E-state index in [0.717, 1.165) is 6.54 Å². The SMILES string of the molecule is CC1=CC(C)(C)CN(C)C1. The Kier molecular flexibility index (Phi) is 1.86. The molecule has 1 aliphatic rings. The van der Waals surface area contributed by atoms with Gasteiger partial charge in [0.1, 0.15) is 0 Å². The molecule has 0 saturated carbocycles. The van der Waals surface area contributed by atoms with Crippen LogP contribution in [0.5, 0.6) is 0 Å². The highest BCUT2D eigenvalue weighted by Crippen LogP contribution is 2.24. The topological polar surface area (TPSA) is 3.24 Å². The molecule has 0 bridgehead atoms. The fraction of sp³-hybridized carbons (Fsp3) is 0.778. The van der Waals surface area contributed by atoms with Gasteiger partial charge < -0.3 is 4.90 Å². The van der Waals surface area contributed by atoms with E-state index in [0.29, 0.717) is 5.41 Å². The van der Waals surface area contributed by atoms with Crippen molar-refractivity contribution in [1.29, 1.82) is 0 Å². The van der Waals surface area contributed by atoms with Gasteiger partial charge in [-0.1, -0.05) is 25.5 Å². The van der Waals surface area contributed by atoms with Crippen molar-refractivity contribution in [2.75, 3.05) is 20.1 Å². The largest absolute Gasteiger partial charge is 0.302 e. The second kappa shape index (κ2) is 2.39. The minimum Gasteiger partial charge on any atom is -0.302 e. The van der Waals surface area contributed by atoms with Gasteiger partial charge in [-0.05, 0) is 19.4 Å². The van der Waals surface area contributed by atoms with Gasteiger partial charge in [-0.15, -0.1) is 0 Å². The van der Waals surface area contributed by atoms with E-state index >= 15 is 0 Å². The van der Waals surface area contributed by atoms with Crippen LogP contribution in [0.2, 0.25) is 0 Å². The summed E-state index contributed by atoms with van der Waals surface area (Å²) >= 11 is 0. The van der Waals surface area contributed by atoms with Crippen LogP contribution in [0.15, 0.2) is 11.6 Å². The molecule has 0 spiro atoms. The molecule has 0 aromatic heterocycles. The van der Waals surface area contributed by atoms with Gasteiger partial charge in [0.2, 0.25) is 0 Å². The lowest BCUT2D eigenvalue weighted by Gasteiger charge is -2.33. The first-order valence-electron chi connectivity index (χ1n) is 3.86. The van der Waals surface area contributed by atoms with Gasteiger partial charge in [0.25, 0.3) is 0 Å². The number of likely N-dealkylation sites (N-methyl/N-ethyl adjacent to an activating group) is 1. The summed E-state index contributed by atoms with van der Waals surface area (Å²) in [6.45, 7) is 9.10. The van der Waals surface area contributed by atoms with Crippen molar-refractivity contribution < 1.29 is 0 Å². The van der Waals surface area contributed by atoms with Gasteiger partial charge in [-0.2, -0.15) is 0 Å². The minimum atomic E-state index is 0.386. The molecule has 0 radical (unpaired) electrons. The summed E-state index contributed by atoms with van der Waals surface area (Å²) < 4.78 is 0. The van der Waals surface area contributed by atoms with Gasteiger partial charge in [0.05, 0.1) is 0 Å². The summed E-state index contributed by atoms with van der Waals surface area (Å²) in [5, 5.41) is 0. The average molecular weight is 139 g/mol. The highest BCUT2D eigenvalue weighted by molar-refractivity contribution is 5.11. The van der Waals surface area contributed by atoms with Crippen molar-refractivity contribution in [3.05, 3.63) is 11.6 Å². The van der Waals surface area contributed by atoms with Crippen LogP contribution < -0.4 is 0 Å². The van der Waals surface area contributed by atoms with Gasteiger partial charge in [0, 0.05) is 13.1 Å². The highest BCUT2D eigenvalue weighted by Gasteiger charge is 2.21. The van der Waals surface area contributed by atoms with E-state index in [1.165, 1.54) is 12.1 Å². The van der Waals surface area contributed by atoms with Crippen molar-refractivity contribution in [3.8, 4) is 0 Å². The molecule has 0 atom stereocenters. The third-order valence-electron chi connectivity index (χ3n) is 1.83. The number of hydrogen-bond donors (Lipinski definition) is 0. The van der Waals surface area contributed by atoms with E-state index in [-0.39, 0.29) is 0 Å². The van der Waals surface area contributed by atoms with Gasteiger partial charge in [-0.3, -0.25) is 0 Å². The molecule has 0 unspecified atom stereocenters. The normalized spacial score (nSPS) is 26.2. The Labute approximate surface area is 63.7 Å². The first-order valence-corrected chi connectivity index (χ1v) is 3.86. The molecule has 0 aromatic carbocycles. The molecule has 0 fully saturated rings. The van der Waals surface area contributed by atoms with E-state index in [4.69, 9.17) is 0 Å². The smallest absolute Gasteiger partial charge is 0.0187 e. The molecule has 1 nitrogen and oxygen atoms in total. The molecule has 0 aliphatic carbocycles. The molecular weight excluding hydrogens is 122 g/mol. The quantitative estimate of drug-likeness (QED) is 0.463. The van der Waals surface area contributed by atoms with Gasteiger partial charge >= 0.3 is 0 Å². The Morgan fingerprint density at radius 2 is 2.10 bits per heavy atom. The molecule has 58 valence electrons. The maximum absolute atomic E-state index is 2.38. The Bertz CT molecular complexity index is 156. The van der Waals surface area contributed by atoms with Gasteiger partial charge in [0.15, 0.2) is 0 Å². The van der Waals surface area contributed by atoms with Crippen molar-refractivity contribution in [2.45, 2.75) is 20.8 Å². The van der Waals surface area contributed by atoms with Crippen molar-refractivity contribution in [2.24, 2.45) is 5.41 Å². The molecule has 1 aliphatic heterocycles. The lowest BCUT2D eigenvalue weighted by atomic mass is 9.87. The molecule has 0 aromatic rings. The summed E-state index contributed by atoms with van der Waals surface area (Å²) in [5.41, 5.74) is 1.88. The molecular formula is C9H17N. The maximum Gasteiger partial charge on any atom is 0.0187 e. The fourth-order valence-corrected chi connectivity index (χ4v) is 1.94. The van der Waals surface area contributed by atoms with Crippen LogP contribution in [0, 0.1) is 5.41 Å². The van der Waals surface area contributed by atoms with Crippen LogP contribution in [0.1, 0.15) is 20.8 Å². The second-order valence-corrected chi connectivity index (χ2v) is 4.15. The summed E-state index contributed by atoms with van der Waals surface area (Å²) in [4.78, 5) is 2.37. The zero-order valence-corrected chi connectivity index (χ0v) is 7.44. The van der Waals surface area contributed by atoms with Crippen LogP contribution in [0.4, 0.5) is 0 Å². The van der Waals surface area contributed by atoms with E-state index in [1.54, 1.807) is 0 Å². The molecule has 1 heteroatoms. The van der Waals surface area contributed by atoms with Crippen LogP contribution in [0.3, 0.4) is 0 Å². The molecule has 0 amide bonds. The summed E-state index contributed by atoms with van der Waals surface area (Å²) in [7, 11) is 2.18. The van der Waals surface area contributed by atoms with E-state index in [1.807, 2.05) is 0 Å². The van der Waals surface area contributed by atoms with Crippen LogP contribution >= 0.6 is 0 Å². The fourth-order valence-electron chi connectivity index (χ4n) is 1.94. The van der Waals surface area contributed by atoms with Crippen LogP contribution in [-0.2, 0) is 0 Å². The minimum absolute atomic E-state index is 0.386. The van der Waals surface area contributed by atoms with E-state index in [2.05, 4.69) is 38.8 Å². The molecule has 1 heterocycles. The summed E-state index contributed by atoms with van der Waals surface area (Å²) in [6.07, 6.45) is 2.38. The van der Waals surface area contributed by atoms with Gasteiger partial charge in [-0.25, -0.2) is 0 Å². The Morgan fingerprint density at radius 1 is 1.50 bits per heavy atom. The average Bonchev–Trinajstić information content (AvgIpc) is 1.54. The second-order valence-electron chi connectivity index (χ2n) is 4.15. The molecule has 0 N–H and O–H groups in total. The number of nitrogens with zero attached hydrogens (tertiary/aromatic N) is 1. The monoisotopic (exact) mass is 139 g/mol. The molecule has 0 saturated heterocycles. The predicted octanol–water partition coefficient (Wildman–Crippen LogP) is 1.90. The van der Waals surface area contributed by atoms with Crippen LogP contribution in [0.25, 0.3) is 0 Å². The third-order valence-corrected chi connectivity index (χ3v) is 1.83. The van der Waals surface area contributed by atoms with Crippen LogP contribution in [-0.4, -0.2) is 25.0 Å². The maximum atomic E-state index is 2.38. The Hall–Kier alpha value is -0.300. The third kappa shape index (κ3) is 1.84. The Balaban J connectivity index is 2.74. The predicted molar refractivity (Wildman–Crippen MR) is 45.0 cm³/mol.